The van der Waals surface area contributed by atoms with Gasteiger partial charge in [-0.15, -0.1) is 5.10 Å². The Labute approximate surface area is 209 Å². The minimum absolute atomic E-state index is 0.133. The standard InChI is InChI=1S/C25H18ClN5O5/c26-20-10-24-23(35-14-36-24)9-17(20)11-30-21-6-5-19(7-16(21)8-22(30)25(32)33)34-12-15-1-3-18(4-2-15)31-13-27-28-29-31/h1-10,13H,11-12,14H2,(H,32,33). The molecule has 6 rings (SSSR count). The molecule has 0 radical (unpaired) electrons. The number of halogens is 1. The molecule has 0 spiro atoms. The van der Waals surface area contributed by atoms with Crippen LogP contribution in [0.1, 0.15) is 21.6 Å². The van der Waals surface area contributed by atoms with Crippen LogP contribution < -0.4 is 14.2 Å². The average molecular weight is 504 g/mol. The van der Waals surface area contributed by atoms with Gasteiger partial charge in [-0.3, -0.25) is 0 Å². The van der Waals surface area contributed by atoms with Gasteiger partial charge in [0.2, 0.25) is 6.79 Å². The van der Waals surface area contributed by atoms with Crippen molar-refractivity contribution >= 4 is 28.5 Å². The fourth-order valence-electron chi connectivity index (χ4n) is 4.13. The van der Waals surface area contributed by atoms with Gasteiger partial charge in [0.25, 0.3) is 0 Å². The molecule has 5 aromatic rings. The Bertz CT molecular complexity index is 1580. The first kappa shape index (κ1) is 21.9. The molecule has 10 nitrogen and oxygen atoms in total. The Morgan fingerprint density at radius 2 is 1.86 bits per heavy atom. The van der Waals surface area contributed by atoms with Crippen molar-refractivity contribution in [3.63, 3.8) is 0 Å². The molecule has 180 valence electrons. The number of carboxylic acids is 1. The van der Waals surface area contributed by atoms with E-state index in [2.05, 4.69) is 15.5 Å². The van der Waals surface area contributed by atoms with E-state index in [1.165, 1.54) is 6.33 Å². The van der Waals surface area contributed by atoms with Gasteiger partial charge in [-0.05, 0) is 64.0 Å². The Hall–Kier alpha value is -4.57. The van der Waals surface area contributed by atoms with E-state index in [1.54, 1.807) is 27.4 Å². The third-order valence-electron chi connectivity index (χ3n) is 5.92. The Balaban J connectivity index is 1.24. The van der Waals surface area contributed by atoms with Gasteiger partial charge in [-0.2, -0.15) is 0 Å². The van der Waals surface area contributed by atoms with Crippen LogP contribution in [0.3, 0.4) is 0 Å². The van der Waals surface area contributed by atoms with Crippen LogP contribution in [0.25, 0.3) is 16.6 Å². The SMILES string of the molecule is O=C(O)c1cc2cc(OCc3ccc(-n4cnnn4)cc3)ccc2n1Cc1cc2c(cc1Cl)OCO2. The molecule has 36 heavy (non-hydrogen) atoms. The molecule has 1 aliphatic rings. The van der Waals surface area contributed by atoms with Crippen molar-refractivity contribution in [3.8, 4) is 22.9 Å². The summed E-state index contributed by atoms with van der Waals surface area (Å²) in [5.41, 5.74) is 3.43. The zero-order chi connectivity index (χ0) is 24.6. The lowest BCUT2D eigenvalue weighted by atomic mass is 10.2. The van der Waals surface area contributed by atoms with Crippen LogP contribution in [0.5, 0.6) is 17.2 Å². The first-order chi connectivity index (χ1) is 17.5. The maximum atomic E-state index is 12.0. The summed E-state index contributed by atoms with van der Waals surface area (Å²) in [5.74, 6) is 0.756. The summed E-state index contributed by atoms with van der Waals surface area (Å²) in [6.07, 6.45) is 1.53. The van der Waals surface area contributed by atoms with Crippen molar-refractivity contribution in [2.24, 2.45) is 0 Å². The van der Waals surface area contributed by atoms with Gasteiger partial charge >= 0.3 is 5.97 Å². The molecule has 3 heterocycles. The van der Waals surface area contributed by atoms with E-state index in [0.29, 0.717) is 28.9 Å². The molecule has 0 aliphatic carbocycles. The predicted octanol–water partition coefficient (Wildman–Crippen LogP) is 4.32. The van der Waals surface area contributed by atoms with E-state index in [4.69, 9.17) is 25.8 Å². The number of rotatable bonds is 7. The highest BCUT2D eigenvalue weighted by Crippen LogP contribution is 2.38. The van der Waals surface area contributed by atoms with Crippen LogP contribution in [0, 0.1) is 0 Å². The second kappa shape index (κ2) is 8.90. The molecule has 0 unspecified atom stereocenters. The van der Waals surface area contributed by atoms with Gasteiger partial charge in [0.05, 0.1) is 12.2 Å². The first-order valence-corrected chi connectivity index (χ1v) is 11.3. The molecule has 0 saturated carbocycles. The molecule has 0 saturated heterocycles. The van der Waals surface area contributed by atoms with E-state index in [9.17, 15) is 9.90 Å². The minimum Gasteiger partial charge on any atom is -0.489 e. The van der Waals surface area contributed by atoms with Gasteiger partial charge < -0.3 is 23.9 Å². The highest BCUT2D eigenvalue weighted by molar-refractivity contribution is 6.31. The van der Waals surface area contributed by atoms with Crippen LogP contribution in [0.4, 0.5) is 0 Å². The smallest absolute Gasteiger partial charge is 0.352 e. The summed E-state index contributed by atoms with van der Waals surface area (Å²) < 4.78 is 20.1. The number of fused-ring (bicyclic) bond motifs is 2. The zero-order valence-corrected chi connectivity index (χ0v) is 19.4. The molecule has 0 bridgehead atoms. The number of aromatic carboxylic acids is 1. The van der Waals surface area contributed by atoms with Crippen LogP contribution in [0.2, 0.25) is 5.02 Å². The lowest BCUT2D eigenvalue weighted by Crippen LogP contribution is -2.09. The maximum absolute atomic E-state index is 12.0. The van der Waals surface area contributed by atoms with Crippen molar-refractivity contribution < 1.29 is 24.1 Å². The number of tetrazole rings is 1. The van der Waals surface area contributed by atoms with E-state index in [1.807, 2.05) is 42.5 Å². The zero-order valence-electron chi connectivity index (χ0n) is 18.7. The highest BCUT2D eigenvalue weighted by atomic mass is 35.5. The van der Waals surface area contributed by atoms with Gasteiger partial charge in [-0.1, -0.05) is 23.7 Å². The third-order valence-corrected chi connectivity index (χ3v) is 6.27. The number of ether oxygens (including phenoxy) is 3. The summed E-state index contributed by atoms with van der Waals surface area (Å²) in [7, 11) is 0. The predicted molar refractivity (Wildman–Crippen MR) is 129 cm³/mol. The number of nitrogens with zero attached hydrogens (tertiary/aromatic N) is 5. The number of carboxylic acid groups (broad SMARTS) is 1. The van der Waals surface area contributed by atoms with E-state index < -0.39 is 5.97 Å². The number of aromatic nitrogens is 5. The average Bonchev–Trinajstić information content (AvgIpc) is 3.64. The van der Waals surface area contributed by atoms with Crippen molar-refractivity contribution in [2.45, 2.75) is 13.2 Å². The summed E-state index contributed by atoms with van der Waals surface area (Å²) >= 11 is 6.44. The molecule has 11 heteroatoms. The van der Waals surface area contributed by atoms with E-state index in [-0.39, 0.29) is 19.0 Å². The Morgan fingerprint density at radius 1 is 1.06 bits per heavy atom. The minimum atomic E-state index is -1.03. The monoisotopic (exact) mass is 503 g/mol. The van der Waals surface area contributed by atoms with Crippen molar-refractivity contribution in [2.75, 3.05) is 6.79 Å². The molecule has 0 atom stereocenters. The van der Waals surface area contributed by atoms with Gasteiger partial charge in [0, 0.05) is 22.0 Å². The summed E-state index contributed by atoms with van der Waals surface area (Å²) in [5, 5.41) is 22.2. The van der Waals surface area contributed by atoms with Crippen molar-refractivity contribution in [1.29, 1.82) is 0 Å². The molecule has 2 aromatic heterocycles. The van der Waals surface area contributed by atoms with Gasteiger partial charge in [0.1, 0.15) is 24.4 Å². The molecular formula is C25H18ClN5O5. The maximum Gasteiger partial charge on any atom is 0.352 e. The normalized spacial score (nSPS) is 12.2. The highest BCUT2D eigenvalue weighted by Gasteiger charge is 2.20. The molecule has 0 amide bonds. The fraction of sp³-hybridized carbons (Fsp3) is 0.120. The number of carbonyl (C=O) groups is 1. The second-order valence-corrected chi connectivity index (χ2v) is 8.56. The molecule has 1 aliphatic heterocycles. The van der Waals surface area contributed by atoms with Crippen molar-refractivity contribution in [1.82, 2.24) is 24.8 Å². The largest absolute Gasteiger partial charge is 0.489 e. The molecular weight excluding hydrogens is 486 g/mol. The summed E-state index contributed by atoms with van der Waals surface area (Å²) in [6, 6.07) is 18.3. The Morgan fingerprint density at radius 3 is 2.61 bits per heavy atom. The van der Waals surface area contributed by atoms with Gasteiger partial charge in [-0.25, -0.2) is 9.48 Å². The topological polar surface area (TPSA) is 114 Å². The third kappa shape index (κ3) is 4.07. The van der Waals surface area contributed by atoms with Crippen molar-refractivity contribution in [3.05, 3.63) is 88.8 Å². The van der Waals surface area contributed by atoms with E-state index >= 15 is 0 Å². The number of hydrogen-bond acceptors (Lipinski definition) is 7. The molecule has 1 N–H and O–H groups in total. The van der Waals surface area contributed by atoms with Crippen LogP contribution in [-0.4, -0.2) is 42.6 Å². The quantitative estimate of drug-likeness (QED) is 0.349. The number of benzene rings is 3. The second-order valence-electron chi connectivity index (χ2n) is 8.15. The lowest BCUT2D eigenvalue weighted by molar-refractivity contribution is 0.0686. The fourth-order valence-corrected chi connectivity index (χ4v) is 4.34. The van der Waals surface area contributed by atoms with Crippen LogP contribution >= 0.6 is 11.6 Å². The molecule has 3 aromatic carbocycles. The van der Waals surface area contributed by atoms with Crippen LogP contribution in [-0.2, 0) is 13.2 Å². The summed E-state index contributed by atoms with van der Waals surface area (Å²) in [6.45, 7) is 0.739. The van der Waals surface area contributed by atoms with Crippen LogP contribution in [0.15, 0.2) is 67.0 Å². The lowest BCUT2D eigenvalue weighted by Gasteiger charge is -2.12. The van der Waals surface area contributed by atoms with E-state index in [0.717, 1.165) is 27.7 Å². The number of hydrogen-bond donors (Lipinski definition) is 1. The first-order valence-electron chi connectivity index (χ1n) is 10.9. The summed E-state index contributed by atoms with van der Waals surface area (Å²) in [4.78, 5) is 12.0. The molecule has 0 fully saturated rings. The van der Waals surface area contributed by atoms with Gasteiger partial charge in [0.15, 0.2) is 11.5 Å². The Kier molecular flexibility index (Phi) is 5.42.